The minimum atomic E-state index is -4.59. The molecule has 2 aromatic carbocycles. The summed E-state index contributed by atoms with van der Waals surface area (Å²) in [7, 11) is -8.74. The van der Waals surface area contributed by atoms with Crippen molar-refractivity contribution in [1.82, 2.24) is 0 Å². The van der Waals surface area contributed by atoms with Crippen LogP contribution in [-0.2, 0) is 26.6 Å². The van der Waals surface area contributed by atoms with Gasteiger partial charge in [0.1, 0.15) is 0 Å². The van der Waals surface area contributed by atoms with Crippen molar-refractivity contribution in [2.24, 2.45) is 5.14 Å². The topological polar surface area (TPSA) is 115 Å². The molecule has 0 bridgehead atoms. The molecule has 22 heavy (non-hydrogen) atoms. The van der Waals surface area contributed by atoms with Gasteiger partial charge in [-0.1, -0.05) is 29.8 Å². The normalized spacial score (nSPS) is 12.3. The van der Waals surface area contributed by atoms with Gasteiger partial charge in [-0.2, -0.15) is 8.42 Å². The zero-order valence-corrected chi connectivity index (χ0v) is 13.5. The molecule has 9 heteroatoms. The molecule has 0 aliphatic carbocycles. The Labute approximate surface area is 133 Å². The van der Waals surface area contributed by atoms with Crippen LogP contribution in [0, 0.1) is 0 Å². The lowest BCUT2D eigenvalue weighted by molar-refractivity contribution is 0.482. The van der Waals surface area contributed by atoms with Crippen molar-refractivity contribution in [3.63, 3.8) is 0 Å². The van der Waals surface area contributed by atoms with Crippen LogP contribution < -0.4 is 5.14 Å². The van der Waals surface area contributed by atoms with E-state index >= 15 is 0 Å². The maximum Gasteiger partial charge on any atom is 0.294 e. The van der Waals surface area contributed by atoms with Gasteiger partial charge < -0.3 is 0 Å². The van der Waals surface area contributed by atoms with Gasteiger partial charge in [-0.3, -0.25) is 4.55 Å². The Morgan fingerprint density at radius 2 is 1.50 bits per heavy atom. The summed E-state index contributed by atoms with van der Waals surface area (Å²) in [5.41, 5.74) is 0.528. The van der Waals surface area contributed by atoms with Crippen LogP contribution in [0.25, 0.3) is 0 Å². The highest BCUT2D eigenvalue weighted by molar-refractivity contribution is 7.89. The molecule has 0 saturated carbocycles. The third kappa shape index (κ3) is 3.84. The summed E-state index contributed by atoms with van der Waals surface area (Å²) in [6.45, 7) is 0. The number of rotatable bonds is 4. The molecule has 0 aromatic heterocycles. The van der Waals surface area contributed by atoms with E-state index in [0.29, 0.717) is 10.6 Å². The minimum absolute atomic E-state index is 0.0428. The van der Waals surface area contributed by atoms with E-state index in [1.165, 1.54) is 12.1 Å². The van der Waals surface area contributed by atoms with Gasteiger partial charge in [0.05, 0.1) is 9.79 Å². The van der Waals surface area contributed by atoms with E-state index in [-0.39, 0.29) is 16.9 Å². The van der Waals surface area contributed by atoms with Gasteiger partial charge in [0.15, 0.2) is 0 Å². The van der Waals surface area contributed by atoms with E-state index in [9.17, 15) is 21.4 Å². The lowest BCUT2D eigenvalue weighted by atomic mass is 10.1. The summed E-state index contributed by atoms with van der Waals surface area (Å²) >= 11 is 5.77. The van der Waals surface area contributed by atoms with Gasteiger partial charge in [0, 0.05) is 11.4 Å². The van der Waals surface area contributed by atoms with E-state index in [1.54, 1.807) is 24.3 Å². The summed E-state index contributed by atoms with van der Waals surface area (Å²) in [6.07, 6.45) is -0.0428. The van der Waals surface area contributed by atoms with Crippen LogP contribution in [-0.4, -0.2) is 21.4 Å². The molecule has 0 radical (unpaired) electrons. The highest BCUT2D eigenvalue weighted by Crippen LogP contribution is 2.26. The number of hydrogen-bond acceptors (Lipinski definition) is 4. The molecular formula is C13H12ClNO5S2. The van der Waals surface area contributed by atoms with Crippen LogP contribution in [0.3, 0.4) is 0 Å². The smallest absolute Gasteiger partial charge is 0.282 e. The maximum atomic E-state index is 11.7. The minimum Gasteiger partial charge on any atom is -0.282 e. The first-order valence-electron chi connectivity index (χ1n) is 5.95. The molecule has 0 atom stereocenters. The molecule has 6 nitrogen and oxygen atoms in total. The molecule has 0 heterocycles. The molecule has 2 aromatic rings. The Bertz CT molecular complexity index is 856. The largest absolute Gasteiger partial charge is 0.294 e. The Balaban J connectivity index is 2.68. The third-order valence-corrected chi connectivity index (χ3v) is 5.15. The predicted octanol–water partition coefficient (Wildman–Crippen LogP) is 1.82. The van der Waals surface area contributed by atoms with Crippen LogP contribution in [0.4, 0.5) is 0 Å². The van der Waals surface area contributed by atoms with Crippen molar-refractivity contribution in [1.29, 1.82) is 0 Å². The van der Waals surface area contributed by atoms with Gasteiger partial charge in [-0.25, -0.2) is 13.6 Å². The monoisotopic (exact) mass is 361 g/mol. The van der Waals surface area contributed by atoms with Crippen molar-refractivity contribution in [3.05, 3.63) is 58.6 Å². The van der Waals surface area contributed by atoms with Crippen LogP contribution in [0.1, 0.15) is 11.1 Å². The SMILES string of the molecule is NS(=O)(=O)c1cccc(S(=O)(=O)O)c1Cc1ccc(Cl)cc1. The molecule has 0 saturated heterocycles. The maximum absolute atomic E-state index is 11.7. The molecule has 0 spiro atoms. The van der Waals surface area contributed by atoms with E-state index < -0.39 is 25.0 Å². The standard InChI is InChI=1S/C13H12ClNO5S2/c14-10-6-4-9(5-7-10)8-11-12(21(15,16)17)2-1-3-13(11)22(18,19)20/h1-7H,8H2,(H2,15,16,17)(H,18,19,20). The van der Waals surface area contributed by atoms with Gasteiger partial charge in [-0.15, -0.1) is 0 Å². The first kappa shape index (κ1) is 16.9. The molecule has 0 amide bonds. The van der Waals surface area contributed by atoms with E-state index in [0.717, 1.165) is 6.07 Å². The fourth-order valence-corrected chi connectivity index (χ4v) is 3.76. The molecule has 0 unspecified atom stereocenters. The molecule has 0 fully saturated rings. The average molecular weight is 362 g/mol. The number of halogens is 1. The summed E-state index contributed by atoms with van der Waals surface area (Å²) in [5.74, 6) is 0. The van der Waals surface area contributed by atoms with Gasteiger partial charge >= 0.3 is 0 Å². The molecule has 0 aliphatic rings. The molecule has 0 aliphatic heterocycles. The summed E-state index contributed by atoms with van der Waals surface area (Å²) in [6, 6.07) is 9.93. The van der Waals surface area contributed by atoms with Gasteiger partial charge in [0.25, 0.3) is 10.1 Å². The number of benzene rings is 2. The lowest BCUT2D eigenvalue weighted by Gasteiger charge is -2.12. The second kappa shape index (κ2) is 5.98. The first-order valence-corrected chi connectivity index (χ1v) is 9.32. The second-order valence-electron chi connectivity index (χ2n) is 4.56. The van der Waals surface area contributed by atoms with Crippen molar-refractivity contribution in [3.8, 4) is 0 Å². The predicted molar refractivity (Wildman–Crippen MR) is 81.9 cm³/mol. The molecular weight excluding hydrogens is 350 g/mol. The summed E-state index contributed by atoms with van der Waals surface area (Å²) in [5, 5.41) is 5.61. The zero-order chi connectivity index (χ0) is 16.5. The van der Waals surface area contributed by atoms with E-state index in [1.807, 2.05) is 0 Å². The average Bonchev–Trinajstić information content (AvgIpc) is 2.39. The van der Waals surface area contributed by atoms with Crippen LogP contribution in [0.5, 0.6) is 0 Å². The van der Waals surface area contributed by atoms with Crippen molar-refractivity contribution >= 4 is 31.7 Å². The fourth-order valence-electron chi connectivity index (χ4n) is 2.03. The number of nitrogens with two attached hydrogens (primary N) is 1. The highest BCUT2D eigenvalue weighted by atomic mass is 35.5. The Kier molecular flexibility index (Phi) is 4.59. The quantitative estimate of drug-likeness (QED) is 0.806. The summed E-state index contributed by atoms with van der Waals surface area (Å²) in [4.78, 5) is -0.841. The van der Waals surface area contributed by atoms with Gasteiger partial charge in [-0.05, 0) is 35.4 Å². The number of primary sulfonamides is 1. The van der Waals surface area contributed by atoms with Crippen molar-refractivity contribution in [2.75, 3.05) is 0 Å². The first-order chi connectivity index (χ1) is 10.1. The van der Waals surface area contributed by atoms with Crippen LogP contribution in [0.2, 0.25) is 5.02 Å². The molecule has 3 N–H and O–H groups in total. The zero-order valence-electron chi connectivity index (χ0n) is 11.1. The number of sulfonamides is 1. The van der Waals surface area contributed by atoms with Crippen LogP contribution >= 0.6 is 11.6 Å². The second-order valence-corrected chi connectivity index (χ2v) is 7.91. The Hall–Kier alpha value is -1.45. The van der Waals surface area contributed by atoms with E-state index in [2.05, 4.69) is 0 Å². The van der Waals surface area contributed by atoms with Gasteiger partial charge in [0.2, 0.25) is 10.0 Å². The highest BCUT2D eigenvalue weighted by Gasteiger charge is 2.23. The van der Waals surface area contributed by atoms with Crippen LogP contribution in [0.15, 0.2) is 52.3 Å². The Morgan fingerprint density at radius 1 is 0.955 bits per heavy atom. The summed E-state index contributed by atoms with van der Waals surface area (Å²) < 4.78 is 55.6. The Morgan fingerprint density at radius 3 is 2.00 bits per heavy atom. The number of hydrogen-bond donors (Lipinski definition) is 2. The third-order valence-electron chi connectivity index (χ3n) is 2.97. The van der Waals surface area contributed by atoms with E-state index in [4.69, 9.17) is 16.7 Å². The van der Waals surface area contributed by atoms with Crippen molar-refractivity contribution in [2.45, 2.75) is 16.2 Å². The fraction of sp³-hybridized carbons (Fsp3) is 0.0769. The molecule has 2 rings (SSSR count). The molecule has 118 valence electrons. The lowest BCUT2D eigenvalue weighted by Crippen LogP contribution is -2.17. The van der Waals surface area contributed by atoms with Crippen molar-refractivity contribution < 1.29 is 21.4 Å².